The SMILES string of the molecule is C=CC(C)OCC(C)(C)N. The van der Waals surface area contributed by atoms with Gasteiger partial charge in [0.15, 0.2) is 0 Å². The van der Waals surface area contributed by atoms with Gasteiger partial charge in [0, 0.05) is 5.54 Å². The normalized spacial score (nSPS) is 14.8. The third kappa shape index (κ3) is 5.79. The fraction of sp³-hybridized carbons (Fsp3) is 0.750. The first kappa shape index (κ1) is 9.66. The van der Waals surface area contributed by atoms with Crippen molar-refractivity contribution in [1.82, 2.24) is 0 Å². The standard InChI is InChI=1S/C8H17NO/c1-5-7(2)10-6-8(3,4)9/h5,7H,1,6,9H2,2-4H3. The van der Waals surface area contributed by atoms with Gasteiger partial charge < -0.3 is 10.5 Å². The van der Waals surface area contributed by atoms with E-state index in [1.54, 1.807) is 6.08 Å². The number of rotatable bonds is 4. The van der Waals surface area contributed by atoms with Crippen LogP contribution in [0, 0.1) is 0 Å². The van der Waals surface area contributed by atoms with E-state index in [1.165, 1.54) is 0 Å². The number of hydrogen-bond donors (Lipinski definition) is 1. The van der Waals surface area contributed by atoms with Crippen LogP contribution >= 0.6 is 0 Å². The van der Waals surface area contributed by atoms with E-state index in [2.05, 4.69) is 6.58 Å². The van der Waals surface area contributed by atoms with Crippen molar-refractivity contribution >= 4 is 0 Å². The average molecular weight is 143 g/mol. The summed E-state index contributed by atoms with van der Waals surface area (Å²) in [5, 5.41) is 0. The van der Waals surface area contributed by atoms with Gasteiger partial charge in [-0.25, -0.2) is 0 Å². The Kier molecular flexibility index (Phi) is 3.61. The van der Waals surface area contributed by atoms with Gasteiger partial charge in [-0.1, -0.05) is 6.08 Å². The molecule has 1 unspecified atom stereocenters. The summed E-state index contributed by atoms with van der Waals surface area (Å²) >= 11 is 0. The molecule has 60 valence electrons. The quantitative estimate of drug-likeness (QED) is 0.602. The Balaban J connectivity index is 3.45. The summed E-state index contributed by atoms with van der Waals surface area (Å²) in [4.78, 5) is 0. The van der Waals surface area contributed by atoms with Crippen molar-refractivity contribution in [2.45, 2.75) is 32.4 Å². The molecule has 0 fully saturated rings. The molecule has 1 atom stereocenters. The number of hydrogen-bond acceptors (Lipinski definition) is 2. The first-order chi connectivity index (χ1) is 4.45. The van der Waals surface area contributed by atoms with Crippen LogP contribution in [0.3, 0.4) is 0 Å². The molecule has 0 heterocycles. The summed E-state index contributed by atoms with van der Waals surface area (Å²) in [6.45, 7) is 9.97. The second-order valence-electron chi connectivity index (χ2n) is 3.24. The third-order valence-corrected chi connectivity index (χ3v) is 1.05. The van der Waals surface area contributed by atoms with Crippen LogP contribution in [0.5, 0.6) is 0 Å². The molecule has 0 saturated carbocycles. The van der Waals surface area contributed by atoms with E-state index in [0.717, 1.165) is 0 Å². The van der Waals surface area contributed by atoms with Gasteiger partial charge >= 0.3 is 0 Å². The summed E-state index contributed by atoms with van der Waals surface area (Å²) in [6, 6.07) is 0. The van der Waals surface area contributed by atoms with Crippen LogP contribution in [0.4, 0.5) is 0 Å². The Bertz CT molecular complexity index is 104. The fourth-order valence-corrected chi connectivity index (χ4v) is 0.414. The lowest BCUT2D eigenvalue weighted by atomic mass is 10.1. The molecule has 0 rings (SSSR count). The number of ether oxygens (including phenoxy) is 1. The van der Waals surface area contributed by atoms with Crippen LogP contribution < -0.4 is 5.73 Å². The van der Waals surface area contributed by atoms with E-state index in [9.17, 15) is 0 Å². The fourth-order valence-electron chi connectivity index (χ4n) is 0.414. The highest BCUT2D eigenvalue weighted by atomic mass is 16.5. The van der Waals surface area contributed by atoms with E-state index in [1.807, 2.05) is 20.8 Å². The van der Waals surface area contributed by atoms with E-state index >= 15 is 0 Å². The Morgan fingerprint density at radius 3 is 2.50 bits per heavy atom. The smallest absolute Gasteiger partial charge is 0.0725 e. The maximum Gasteiger partial charge on any atom is 0.0725 e. The van der Waals surface area contributed by atoms with E-state index < -0.39 is 0 Å². The highest BCUT2D eigenvalue weighted by molar-refractivity contribution is 4.78. The topological polar surface area (TPSA) is 35.2 Å². The Hall–Kier alpha value is -0.340. The summed E-state index contributed by atoms with van der Waals surface area (Å²) in [5.74, 6) is 0. The lowest BCUT2D eigenvalue weighted by molar-refractivity contribution is 0.0658. The van der Waals surface area contributed by atoms with Gasteiger partial charge in [-0.3, -0.25) is 0 Å². The molecule has 0 aliphatic rings. The average Bonchev–Trinajstić information content (AvgIpc) is 1.81. The number of nitrogens with two attached hydrogens (primary N) is 1. The minimum Gasteiger partial charge on any atom is -0.373 e. The molecule has 2 nitrogen and oxygen atoms in total. The van der Waals surface area contributed by atoms with Crippen molar-refractivity contribution < 1.29 is 4.74 Å². The van der Waals surface area contributed by atoms with Crippen LogP contribution in [0.15, 0.2) is 12.7 Å². The van der Waals surface area contributed by atoms with Gasteiger partial charge in [0.25, 0.3) is 0 Å². The predicted molar refractivity (Wildman–Crippen MR) is 43.9 cm³/mol. The highest BCUT2D eigenvalue weighted by Gasteiger charge is 2.11. The Morgan fingerprint density at radius 1 is 1.70 bits per heavy atom. The molecule has 0 radical (unpaired) electrons. The summed E-state index contributed by atoms with van der Waals surface area (Å²) in [6.07, 6.45) is 1.86. The molecular formula is C8H17NO. The van der Waals surface area contributed by atoms with Gasteiger partial charge in [0.2, 0.25) is 0 Å². The van der Waals surface area contributed by atoms with Crippen molar-refractivity contribution in [2.24, 2.45) is 5.73 Å². The molecule has 0 aromatic carbocycles. The van der Waals surface area contributed by atoms with Gasteiger partial charge in [0.05, 0.1) is 12.7 Å². The molecular weight excluding hydrogens is 126 g/mol. The lowest BCUT2D eigenvalue weighted by Crippen LogP contribution is -2.38. The molecule has 2 heteroatoms. The Morgan fingerprint density at radius 2 is 2.20 bits per heavy atom. The highest BCUT2D eigenvalue weighted by Crippen LogP contribution is 2.00. The predicted octanol–water partition coefficient (Wildman–Crippen LogP) is 1.31. The minimum atomic E-state index is -0.239. The first-order valence-electron chi connectivity index (χ1n) is 3.49. The van der Waals surface area contributed by atoms with Crippen LogP contribution in [-0.2, 0) is 4.74 Å². The van der Waals surface area contributed by atoms with Crippen molar-refractivity contribution in [2.75, 3.05) is 6.61 Å². The second-order valence-corrected chi connectivity index (χ2v) is 3.24. The summed E-state index contributed by atoms with van der Waals surface area (Å²) in [7, 11) is 0. The maximum atomic E-state index is 5.68. The molecule has 2 N–H and O–H groups in total. The van der Waals surface area contributed by atoms with Crippen LogP contribution in [0.2, 0.25) is 0 Å². The van der Waals surface area contributed by atoms with Crippen molar-refractivity contribution in [3.63, 3.8) is 0 Å². The summed E-state index contributed by atoms with van der Waals surface area (Å²) in [5.41, 5.74) is 5.44. The van der Waals surface area contributed by atoms with E-state index in [-0.39, 0.29) is 11.6 Å². The zero-order valence-electron chi connectivity index (χ0n) is 7.05. The molecule has 0 aliphatic carbocycles. The summed E-state index contributed by atoms with van der Waals surface area (Å²) < 4.78 is 5.31. The Labute approximate surface area is 63.1 Å². The van der Waals surface area contributed by atoms with E-state index in [4.69, 9.17) is 10.5 Å². The maximum absolute atomic E-state index is 5.68. The van der Waals surface area contributed by atoms with Gasteiger partial charge in [-0.05, 0) is 20.8 Å². The molecule has 10 heavy (non-hydrogen) atoms. The largest absolute Gasteiger partial charge is 0.373 e. The first-order valence-corrected chi connectivity index (χ1v) is 3.49. The monoisotopic (exact) mass is 143 g/mol. The molecule has 0 aromatic heterocycles. The zero-order chi connectivity index (χ0) is 8.20. The second kappa shape index (κ2) is 3.74. The van der Waals surface area contributed by atoms with Crippen molar-refractivity contribution in [3.05, 3.63) is 12.7 Å². The molecule has 0 aromatic rings. The molecule has 0 saturated heterocycles. The van der Waals surface area contributed by atoms with Crippen molar-refractivity contribution in [3.8, 4) is 0 Å². The zero-order valence-corrected chi connectivity index (χ0v) is 7.05. The molecule has 0 spiro atoms. The van der Waals surface area contributed by atoms with Gasteiger partial charge in [-0.2, -0.15) is 0 Å². The molecule has 0 bridgehead atoms. The van der Waals surface area contributed by atoms with Crippen LogP contribution in [0.25, 0.3) is 0 Å². The van der Waals surface area contributed by atoms with Crippen LogP contribution in [0.1, 0.15) is 20.8 Å². The van der Waals surface area contributed by atoms with Gasteiger partial charge in [-0.15, -0.1) is 6.58 Å². The van der Waals surface area contributed by atoms with Crippen LogP contribution in [-0.4, -0.2) is 18.2 Å². The van der Waals surface area contributed by atoms with Gasteiger partial charge in [0.1, 0.15) is 0 Å². The molecule has 0 amide bonds. The van der Waals surface area contributed by atoms with E-state index in [0.29, 0.717) is 6.61 Å². The molecule has 0 aliphatic heterocycles. The third-order valence-electron chi connectivity index (χ3n) is 1.05. The lowest BCUT2D eigenvalue weighted by Gasteiger charge is -2.20. The minimum absolute atomic E-state index is 0.0998. The van der Waals surface area contributed by atoms with Crippen molar-refractivity contribution in [1.29, 1.82) is 0 Å².